The Kier molecular flexibility index (Phi) is 6.66. The molecular formula is C23H26N2O6S. The lowest BCUT2D eigenvalue weighted by Crippen LogP contribution is -2.50. The minimum Gasteiger partial charge on any atom is -0.493 e. The molecule has 0 aromatic heterocycles. The Morgan fingerprint density at radius 3 is 2.50 bits per heavy atom. The van der Waals surface area contributed by atoms with Gasteiger partial charge in [-0.15, -0.1) is 0 Å². The average Bonchev–Trinajstić information content (AvgIpc) is 2.82. The number of benzene rings is 2. The van der Waals surface area contributed by atoms with Crippen molar-refractivity contribution in [2.75, 3.05) is 46.5 Å². The van der Waals surface area contributed by atoms with Crippen LogP contribution in [0.3, 0.4) is 0 Å². The molecule has 0 atom stereocenters. The van der Waals surface area contributed by atoms with Gasteiger partial charge in [-0.05, 0) is 29.3 Å². The lowest BCUT2D eigenvalue weighted by Gasteiger charge is -2.33. The molecule has 2 aliphatic heterocycles. The quantitative estimate of drug-likeness (QED) is 0.617. The fraction of sp³-hybridized carbons (Fsp3) is 0.348. The number of hydrogen-bond donors (Lipinski definition) is 0. The Labute approximate surface area is 188 Å². The van der Waals surface area contributed by atoms with Crippen molar-refractivity contribution in [2.45, 2.75) is 5.75 Å². The van der Waals surface area contributed by atoms with E-state index in [1.165, 1.54) is 10.4 Å². The van der Waals surface area contributed by atoms with Crippen LogP contribution in [0.25, 0.3) is 6.08 Å². The van der Waals surface area contributed by atoms with E-state index in [9.17, 15) is 13.2 Å². The molecule has 4 rings (SSSR count). The fourth-order valence-corrected chi connectivity index (χ4v) is 5.24. The zero-order valence-corrected chi connectivity index (χ0v) is 18.7. The molecule has 0 radical (unpaired) electrons. The number of piperazine rings is 1. The van der Waals surface area contributed by atoms with Crippen LogP contribution >= 0.6 is 0 Å². The van der Waals surface area contributed by atoms with Crippen molar-refractivity contribution in [1.29, 1.82) is 0 Å². The second-order valence-corrected chi connectivity index (χ2v) is 9.52. The molecule has 0 aliphatic carbocycles. The van der Waals surface area contributed by atoms with Crippen molar-refractivity contribution in [3.05, 3.63) is 59.7 Å². The molecule has 1 saturated heterocycles. The SMILES string of the molecule is COc1cc(C=CC(=O)N2CCN(S(=O)(=O)Cc3ccccc3)CC2)cc2c1OCCO2. The lowest BCUT2D eigenvalue weighted by molar-refractivity contribution is -0.127. The summed E-state index contributed by atoms with van der Waals surface area (Å²) in [6.45, 7) is 2.19. The highest BCUT2D eigenvalue weighted by Gasteiger charge is 2.28. The Hall–Kier alpha value is -3.04. The molecule has 170 valence electrons. The summed E-state index contributed by atoms with van der Waals surface area (Å²) in [4.78, 5) is 14.3. The monoisotopic (exact) mass is 458 g/mol. The number of carbonyl (C=O) groups excluding carboxylic acids is 1. The van der Waals surface area contributed by atoms with Gasteiger partial charge in [0.15, 0.2) is 11.5 Å². The van der Waals surface area contributed by atoms with Gasteiger partial charge < -0.3 is 19.1 Å². The van der Waals surface area contributed by atoms with Gasteiger partial charge in [-0.2, -0.15) is 4.31 Å². The predicted octanol–water partition coefficient (Wildman–Crippen LogP) is 2.15. The summed E-state index contributed by atoms with van der Waals surface area (Å²) in [5.74, 6) is 1.49. The van der Waals surface area contributed by atoms with E-state index in [0.29, 0.717) is 43.6 Å². The molecule has 2 heterocycles. The number of carbonyl (C=O) groups is 1. The summed E-state index contributed by atoms with van der Waals surface area (Å²) in [6.07, 6.45) is 3.18. The topological polar surface area (TPSA) is 85.4 Å². The van der Waals surface area contributed by atoms with E-state index in [-0.39, 0.29) is 24.7 Å². The van der Waals surface area contributed by atoms with E-state index in [0.717, 1.165) is 11.1 Å². The molecule has 0 bridgehead atoms. The third-order valence-corrected chi connectivity index (χ3v) is 7.25. The summed E-state index contributed by atoms with van der Waals surface area (Å²) in [6, 6.07) is 12.7. The molecule has 2 aliphatic rings. The zero-order valence-electron chi connectivity index (χ0n) is 17.9. The Morgan fingerprint density at radius 2 is 1.78 bits per heavy atom. The van der Waals surface area contributed by atoms with E-state index in [2.05, 4.69) is 0 Å². The van der Waals surface area contributed by atoms with E-state index >= 15 is 0 Å². The van der Waals surface area contributed by atoms with Gasteiger partial charge in [-0.3, -0.25) is 4.79 Å². The molecular weight excluding hydrogens is 432 g/mol. The maximum absolute atomic E-state index is 12.7. The van der Waals surface area contributed by atoms with Crippen molar-refractivity contribution in [3.8, 4) is 17.2 Å². The van der Waals surface area contributed by atoms with Gasteiger partial charge in [0, 0.05) is 32.3 Å². The summed E-state index contributed by atoms with van der Waals surface area (Å²) >= 11 is 0. The van der Waals surface area contributed by atoms with Crippen LogP contribution in [-0.2, 0) is 20.6 Å². The van der Waals surface area contributed by atoms with Crippen LogP contribution in [0, 0.1) is 0 Å². The van der Waals surface area contributed by atoms with E-state index in [1.807, 2.05) is 18.2 Å². The summed E-state index contributed by atoms with van der Waals surface area (Å²) in [5, 5.41) is 0. The maximum atomic E-state index is 12.7. The number of amides is 1. The van der Waals surface area contributed by atoms with Crippen LogP contribution in [0.5, 0.6) is 17.2 Å². The molecule has 32 heavy (non-hydrogen) atoms. The fourth-order valence-electron chi connectivity index (χ4n) is 3.73. The van der Waals surface area contributed by atoms with E-state index < -0.39 is 10.0 Å². The number of fused-ring (bicyclic) bond motifs is 1. The molecule has 0 unspecified atom stereocenters. The van der Waals surface area contributed by atoms with Gasteiger partial charge in [-0.1, -0.05) is 30.3 Å². The first kappa shape index (κ1) is 22.2. The molecule has 2 aromatic rings. The number of rotatable bonds is 6. The minimum absolute atomic E-state index is 0.0341. The first-order valence-electron chi connectivity index (χ1n) is 10.4. The summed E-state index contributed by atoms with van der Waals surface area (Å²) in [7, 11) is -1.87. The van der Waals surface area contributed by atoms with E-state index in [4.69, 9.17) is 14.2 Å². The molecule has 8 nitrogen and oxygen atoms in total. The predicted molar refractivity (Wildman–Crippen MR) is 120 cm³/mol. The second-order valence-electron chi connectivity index (χ2n) is 7.55. The molecule has 0 spiro atoms. The number of methoxy groups -OCH3 is 1. The van der Waals surface area contributed by atoms with Crippen LogP contribution in [-0.4, -0.2) is 70.0 Å². The largest absolute Gasteiger partial charge is 0.493 e. The van der Waals surface area contributed by atoms with Crippen LogP contribution < -0.4 is 14.2 Å². The highest BCUT2D eigenvalue weighted by Crippen LogP contribution is 2.40. The lowest BCUT2D eigenvalue weighted by atomic mass is 10.1. The van der Waals surface area contributed by atoms with Crippen molar-refractivity contribution in [1.82, 2.24) is 9.21 Å². The van der Waals surface area contributed by atoms with Gasteiger partial charge in [0.1, 0.15) is 13.2 Å². The smallest absolute Gasteiger partial charge is 0.246 e. The first-order valence-corrected chi connectivity index (χ1v) is 12.0. The molecule has 0 N–H and O–H groups in total. The normalized spacial score (nSPS) is 16.8. The third-order valence-electron chi connectivity index (χ3n) is 5.40. The molecule has 1 amide bonds. The standard InChI is InChI=1S/C23H26N2O6S/c1-29-20-15-19(16-21-23(20)31-14-13-30-21)7-8-22(26)24-9-11-25(12-10-24)32(27,28)17-18-5-3-2-4-6-18/h2-8,15-16H,9-14,17H2,1H3. The van der Waals surface area contributed by atoms with Crippen molar-refractivity contribution >= 4 is 22.0 Å². The van der Waals surface area contributed by atoms with Crippen molar-refractivity contribution < 1.29 is 27.4 Å². The summed E-state index contributed by atoms with van der Waals surface area (Å²) in [5.41, 5.74) is 1.51. The van der Waals surface area contributed by atoms with Crippen molar-refractivity contribution in [2.24, 2.45) is 0 Å². The van der Waals surface area contributed by atoms with Gasteiger partial charge in [0.25, 0.3) is 0 Å². The Morgan fingerprint density at radius 1 is 1.06 bits per heavy atom. The van der Waals surface area contributed by atoms with Crippen LogP contribution in [0.1, 0.15) is 11.1 Å². The molecule has 1 fully saturated rings. The molecule has 0 saturated carbocycles. The third kappa shape index (κ3) is 5.05. The van der Waals surface area contributed by atoms with Crippen LogP contribution in [0.4, 0.5) is 0 Å². The first-order chi connectivity index (χ1) is 15.5. The van der Waals surface area contributed by atoms with Crippen LogP contribution in [0.2, 0.25) is 0 Å². The Bertz CT molecular complexity index is 1080. The van der Waals surface area contributed by atoms with Gasteiger partial charge in [-0.25, -0.2) is 8.42 Å². The molecule has 9 heteroatoms. The van der Waals surface area contributed by atoms with Gasteiger partial charge in [0.05, 0.1) is 12.9 Å². The summed E-state index contributed by atoms with van der Waals surface area (Å²) < 4.78 is 43.4. The number of ether oxygens (including phenoxy) is 3. The minimum atomic E-state index is -3.42. The van der Waals surface area contributed by atoms with Crippen molar-refractivity contribution in [3.63, 3.8) is 0 Å². The second kappa shape index (κ2) is 9.62. The number of hydrogen-bond acceptors (Lipinski definition) is 6. The Balaban J connectivity index is 1.36. The van der Waals surface area contributed by atoms with Gasteiger partial charge >= 0.3 is 0 Å². The zero-order chi connectivity index (χ0) is 22.6. The van der Waals surface area contributed by atoms with Crippen LogP contribution in [0.15, 0.2) is 48.5 Å². The van der Waals surface area contributed by atoms with Gasteiger partial charge in [0.2, 0.25) is 21.7 Å². The van der Waals surface area contributed by atoms with E-state index in [1.54, 1.807) is 42.4 Å². The maximum Gasteiger partial charge on any atom is 0.246 e. The highest BCUT2D eigenvalue weighted by molar-refractivity contribution is 7.88. The average molecular weight is 459 g/mol. The molecule has 2 aromatic carbocycles. The number of nitrogens with zero attached hydrogens (tertiary/aromatic N) is 2. The highest BCUT2D eigenvalue weighted by atomic mass is 32.2. The number of sulfonamides is 1.